The van der Waals surface area contributed by atoms with Crippen molar-refractivity contribution >= 4 is 35.1 Å². The average Bonchev–Trinajstić information content (AvgIpc) is 2.97. The van der Waals surface area contributed by atoms with Crippen molar-refractivity contribution in [1.29, 1.82) is 0 Å². The van der Waals surface area contributed by atoms with E-state index in [1.807, 2.05) is 12.1 Å². The van der Waals surface area contributed by atoms with Crippen LogP contribution in [0.2, 0.25) is 0 Å². The van der Waals surface area contributed by atoms with Crippen LogP contribution >= 0.6 is 0 Å². The molecule has 2 atom stereocenters. The van der Waals surface area contributed by atoms with E-state index in [1.54, 1.807) is 36.4 Å². The van der Waals surface area contributed by atoms with Crippen molar-refractivity contribution in [3.05, 3.63) is 54.1 Å². The molecule has 3 heterocycles. The fraction of sp³-hybridized carbons (Fsp3) is 0.393. The normalized spacial score (nSPS) is 19.3. The fourth-order valence-corrected chi connectivity index (χ4v) is 4.62. The van der Waals surface area contributed by atoms with Gasteiger partial charge in [-0.1, -0.05) is 0 Å². The van der Waals surface area contributed by atoms with E-state index in [1.165, 1.54) is 0 Å². The molecule has 0 saturated carbocycles. The molecule has 1 aromatic heterocycles. The van der Waals surface area contributed by atoms with Gasteiger partial charge in [0.2, 0.25) is 11.9 Å². The van der Waals surface area contributed by atoms with E-state index in [2.05, 4.69) is 34.3 Å². The van der Waals surface area contributed by atoms with E-state index in [9.17, 15) is 9.59 Å². The number of ether oxygens (including phenoxy) is 2. The third kappa shape index (κ3) is 6.36. The van der Waals surface area contributed by atoms with Gasteiger partial charge in [0.05, 0.1) is 38.5 Å². The third-order valence-electron chi connectivity index (χ3n) is 6.87. The zero-order chi connectivity index (χ0) is 28.1. The molecule has 3 N–H and O–H groups in total. The lowest BCUT2D eigenvalue weighted by Gasteiger charge is -2.36. The molecule has 5 rings (SSSR count). The second-order valence-electron chi connectivity index (χ2n) is 9.81. The standard InChI is InChI=1S/C28H33N7O5/c1-18-16-39-13-11-34(18)26-31-25(32-27(33-26)35-12-14-40-17-19(35)2)21-5-9-23(10-6-21)30-28(38)29-22-7-3-20(4-8-22)24(37)15-36/h3-10,18-19,36H,11-17H2,1-2H3,(H2,29,30,38). The molecule has 2 unspecified atom stereocenters. The first kappa shape index (κ1) is 27.4. The second-order valence-corrected chi connectivity index (χ2v) is 9.81. The average molecular weight is 548 g/mol. The van der Waals surface area contributed by atoms with Gasteiger partial charge in [0.15, 0.2) is 11.6 Å². The van der Waals surface area contributed by atoms with Crippen molar-refractivity contribution in [3.63, 3.8) is 0 Å². The minimum absolute atomic E-state index is 0.135. The Morgan fingerprint density at radius 3 is 1.80 bits per heavy atom. The molecule has 12 heteroatoms. The number of aliphatic hydroxyl groups is 1. The van der Waals surface area contributed by atoms with Gasteiger partial charge >= 0.3 is 6.03 Å². The highest BCUT2D eigenvalue weighted by Gasteiger charge is 2.27. The Morgan fingerprint density at radius 1 is 0.825 bits per heavy atom. The summed E-state index contributed by atoms with van der Waals surface area (Å²) in [5.41, 5.74) is 2.27. The Hall–Kier alpha value is -4.13. The molecule has 2 fully saturated rings. The van der Waals surface area contributed by atoms with Crippen LogP contribution in [0.15, 0.2) is 48.5 Å². The molecular weight excluding hydrogens is 514 g/mol. The highest BCUT2D eigenvalue weighted by molar-refractivity contribution is 6.01. The number of ketones is 1. The second kappa shape index (κ2) is 12.4. The van der Waals surface area contributed by atoms with Crippen LogP contribution in [-0.2, 0) is 9.47 Å². The van der Waals surface area contributed by atoms with Gasteiger partial charge in [-0.15, -0.1) is 0 Å². The van der Waals surface area contributed by atoms with Crippen LogP contribution in [0.1, 0.15) is 24.2 Å². The largest absolute Gasteiger partial charge is 0.388 e. The first-order valence-electron chi connectivity index (χ1n) is 13.3. The van der Waals surface area contributed by atoms with Crippen LogP contribution in [0, 0.1) is 0 Å². The Balaban J connectivity index is 1.33. The summed E-state index contributed by atoms with van der Waals surface area (Å²) in [7, 11) is 0. The molecule has 2 amide bonds. The molecule has 0 bridgehead atoms. The number of urea groups is 1. The van der Waals surface area contributed by atoms with Crippen LogP contribution in [0.3, 0.4) is 0 Å². The summed E-state index contributed by atoms with van der Waals surface area (Å²) in [4.78, 5) is 42.9. The summed E-state index contributed by atoms with van der Waals surface area (Å²) in [6, 6.07) is 13.4. The number of Topliss-reactive ketones (excluding diaryl/α,β-unsaturated/α-hetero) is 1. The highest BCUT2D eigenvalue weighted by atomic mass is 16.5. The maximum absolute atomic E-state index is 12.5. The first-order chi connectivity index (χ1) is 19.4. The predicted molar refractivity (Wildman–Crippen MR) is 151 cm³/mol. The Kier molecular flexibility index (Phi) is 8.48. The molecule has 210 valence electrons. The van der Waals surface area contributed by atoms with Gasteiger partial charge < -0.3 is 35.0 Å². The molecule has 2 aliphatic rings. The van der Waals surface area contributed by atoms with E-state index < -0.39 is 12.6 Å². The van der Waals surface area contributed by atoms with Crippen LogP contribution in [0.5, 0.6) is 0 Å². The van der Waals surface area contributed by atoms with Gasteiger partial charge in [-0.05, 0) is 62.4 Å². The number of aromatic nitrogens is 3. The lowest BCUT2D eigenvalue weighted by Crippen LogP contribution is -2.46. The third-order valence-corrected chi connectivity index (χ3v) is 6.87. The number of amides is 2. The molecule has 12 nitrogen and oxygen atoms in total. The van der Waals surface area contributed by atoms with Crippen molar-refractivity contribution in [2.24, 2.45) is 0 Å². The van der Waals surface area contributed by atoms with E-state index >= 15 is 0 Å². The molecular formula is C28H33N7O5. The monoisotopic (exact) mass is 547 g/mol. The number of nitrogens with zero attached hydrogens (tertiary/aromatic N) is 5. The van der Waals surface area contributed by atoms with E-state index in [4.69, 9.17) is 29.5 Å². The Labute approximate surface area is 232 Å². The van der Waals surface area contributed by atoms with Gasteiger partial charge in [-0.3, -0.25) is 4.79 Å². The fourth-order valence-electron chi connectivity index (χ4n) is 4.62. The summed E-state index contributed by atoms with van der Waals surface area (Å²) in [5, 5.41) is 14.5. The minimum atomic E-state index is -0.560. The molecule has 2 saturated heterocycles. The SMILES string of the molecule is CC1COCCN1c1nc(-c2ccc(NC(=O)Nc3ccc(C(=O)CO)cc3)cc2)nc(N2CCOCC2C)n1. The van der Waals surface area contributed by atoms with Crippen LogP contribution in [0.4, 0.5) is 28.1 Å². The zero-order valence-corrected chi connectivity index (χ0v) is 22.5. The predicted octanol–water partition coefficient (Wildman–Crippen LogP) is 2.81. The van der Waals surface area contributed by atoms with E-state index in [-0.39, 0.29) is 17.9 Å². The van der Waals surface area contributed by atoms with Crippen molar-refractivity contribution in [2.45, 2.75) is 25.9 Å². The maximum Gasteiger partial charge on any atom is 0.323 e. The molecule has 40 heavy (non-hydrogen) atoms. The van der Waals surface area contributed by atoms with Gasteiger partial charge in [0.1, 0.15) is 6.61 Å². The summed E-state index contributed by atoms with van der Waals surface area (Å²) < 4.78 is 11.2. The summed E-state index contributed by atoms with van der Waals surface area (Å²) in [6.07, 6.45) is 0. The number of rotatable bonds is 7. The smallest absolute Gasteiger partial charge is 0.323 e. The zero-order valence-electron chi connectivity index (χ0n) is 22.5. The summed E-state index contributed by atoms with van der Waals surface area (Å²) >= 11 is 0. The van der Waals surface area contributed by atoms with Crippen molar-refractivity contribution < 1.29 is 24.2 Å². The number of hydrogen-bond donors (Lipinski definition) is 3. The first-order valence-corrected chi connectivity index (χ1v) is 13.3. The molecule has 0 spiro atoms. The van der Waals surface area contributed by atoms with Gasteiger partial charge in [-0.2, -0.15) is 15.0 Å². The number of hydrogen-bond acceptors (Lipinski definition) is 10. The molecule has 0 radical (unpaired) electrons. The number of morpholine rings is 2. The lowest BCUT2D eigenvalue weighted by molar-refractivity contribution is 0.0903. The van der Waals surface area contributed by atoms with Crippen molar-refractivity contribution in [2.75, 3.05) is 66.6 Å². The van der Waals surface area contributed by atoms with E-state index in [0.717, 1.165) is 5.56 Å². The number of aliphatic hydroxyl groups excluding tert-OH is 1. The van der Waals surface area contributed by atoms with Gasteiger partial charge in [0.25, 0.3) is 0 Å². The maximum atomic E-state index is 12.5. The number of benzene rings is 2. The van der Waals surface area contributed by atoms with E-state index in [0.29, 0.717) is 74.2 Å². The number of nitrogens with one attached hydrogen (secondary N) is 2. The highest BCUT2D eigenvalue weighted by Crippen LogP contribution is 2.26. The van der Waals surface area contributed by atoms with Crippen LogP contribution in [0.25, 0.3) is 11.4 Å². The number of anilines is 4. The van der Waals surface area contributed by atoms with Gasteiger partial charge in [0, 0.05) is 35.6 Å². The molecule has 0 aliphatic carbocycles. The minimum Gasteiger partial charge on any atom is -0.388 e. The lowest BCUT2D eigenvalue weighted by atomic mass is 10.1. The van der Waals surface area contributed by atoms with Crippen molar-refractivity contribution in [1.82, 2.24) is 15.0 Å². The quantitative estimate of drug-likeness (QED) is 0.378. The van der Waals surface area contributed by atoms with Crippen molar-refractivity contribution in [3.8, 4) is 11.4 Å². The number of carbonyl (C=O) groups is 2. The topological polar surface area (TPSA) is 142 Å². The Morgan fingerprint density at radius 2 is 1.32 bits per heavy atom. The van der Waals surface area contributed by atoms with Crippen LogP contribution in [-0.4, -0.2) is 90.1 Å². The number of carbonyl (C=O) groups excluding carboxylic acids is 2. The molecule has 3 aromatic rings. The summed E-state index contributed by atoms with van der Waals surface area (Å²) in [6.45, 7) is 7.46. The van der Waals surface area contributed by atoms with Gasteiger partial charge in [-0.25, -0.2) is 4.79 Å². The van der Waals surface area contributed by atoms with Crippen LogP contribution < -0.4 is 20.4 Å². The summed E-state index contributed by atoms with van der Waals surface area (Å²) in [5.74, 6) is 1.39. The molecule has 2 aliphatic heterocycles. The molecule has 2 aromatic carbocycles. The Bertz CT molecular complexity index is 1300.